The standard InChI is InChI=1S/C14H15BrFNO2/c15-11-3-1-8(5-12(11)16)14(19)17-6-9-2-4-13(18)10(9)7-17/h1,3,5,9-10,13,18H,2,4,6-7H2. The molecule has 102 valence electrons. The van der Waals surface area contributed by atoms with E-state index in [2.05, 4.69) is 15.9 Å². The Morgan fingerprint density at radius 3 is 2.84 bits per heavy atom. The van der Waals surface area contributed by atoms with Crippen molar-refractivity contribution in [2.45, 2.75) is 18.9 Å². The SMILES string of the molecule is O=C(c1ccc(Br)c(F)c1)N1CC2CCC(O)C2C1. The molecule has 0 aromatic heterocycles. The minimum absolute atomic E-state index is 0.145. The van der Waals surface area contributed by atoms with Gasteiger partial charge in [-0.05, 0) is 52.9 Å². The smallest absolute Gasteiger partial charge is 0.253 e. The second-order valence-corrected chi connectivity index (χ2v) is 6.26. The van der Waals surface area contributed by atoms with Crippen LogP contribution in [0.2, 0.25) is 0 Å². The molecule has 0 bridgehead atoms. The van der Waals surface area contributed by atoms with Gasteiger partial charge in [0, 0.05) is 24.6 Å². The highest BCUT2D eigenvalue weighted by molar-refractivity contribution is 9.10. The average Bonchev–Trinajstić information content (AvgIpc) is 2.95. The predicted octanol–water partition coefficient (Wildman–Crippen LogP) is 2.43. The van der Waals surface area contributed by atoms with Gasteiger partial charge in [0.1, 0.15) is 5.82 Å². The monoisotopic (exact) mass is 327 g/mol. The fourth-order valence-corrected chi connectivity index (χ4v) is 3.46. The molecule has 3 nitrogen and oxygen atoms in total. The second-order valence-electron chi connectivity index (χ2n) is 5.41. The van der Waals surface area contributed by atoms with E-state index in [1.54, 1.807) is 17.0 Å². The van der Waals surface area contributed by atoms with Gasteiger partial charge in [-0.3, -0.25) is 4.79 Å². The minimum Gasteiger partial charge on any atom is -0.393 e. The third kappa shape index (κ3) is 2.30. The van der Waals surface area contributed by atoms with Gasteiger partial charge < -0.3 is 10.0 Å². The van der Waals surface area contributed by atoms with Gasteiger partial charge in [-0.25, -0.2) is 4.39 Å². The fourth-order valence-electron chi connectivity index (χ4n) is 3.21. The number of rotatable bonds is 1. The molecule has 1 aliphatic carbocycles. The summed E-state index contributed by atoms with van der Waals surface area (Å²) in [6.07, 6.45) is 1.53. The van der Waals surface area contributed by atoms with E-state index in [9.17, 15) is 14.3 Å². The summed E-state index contributed by atoms with van der Waals surface area (Å²) in [7, 11) is 0. The van der Waals surface area contributed by atoms with Crippen molar-refractivity contribution in [1.82, 2.24) is 4.90 Å². The number of hydrogen-bond donors (Lipinski definition) is 1. The number of carbonyl (C=O) groups excluding carboxylic acids is 1. The molecule has 0 spiro atoms. The van der Waals surface area contributed by atoms with Crippen molar-refractivity contribution in [2.24, 2.45) is 11.8 Å². The average molecular weight is 328 g/mol. The van der Waals surface area contributed by atoms with Crippen LogP contribution >= 0.6 is 15.9 Å². The van der Waals surface area contributed by atoms with E-state index in [4.69, 9.17) is 0 Å². The first-order valence-corrected chi connectivity index (χ1v) is 7.28. The normalized spacial score (nSPS) is 29.6. The molecule has 0 radical (unpaired) electrons. The van der Waals surface area contributed by atoms with Gasteiger partial charge in [-0.2, -0.15) is 0 Å². The molecule has 1 aromatic rings. The van der Waals surface area contributed by atoms with Gasteiger partial charge in [-0.1, -0.05) is 0 Å². The lowest BCUT2D eigenvalue weighted by Crippen LogP contribution is -2.31. The molecule has 1 amide bonds. The van der Waals surface area contributed by atoms with Crippen LogP contribution in [0, 0.1) is 17.7 Å². The number of aliphatic hydroxyl groups excluding tert-OH is 1. The highest BCUT2D eigenvalue weighted by Gasteiger charge is 2.43. The van der Waals surface area contributed by atoms with Crippen molar-refractivity contribution >= 4 is 21.8 Å². The summed E-state index contributed by atoms with van der Waals surface area (Å²) in [6.45, 7) is 1.26. The number of amides is 1. The number of fused-ring (bicyclic) bond motifs is 1. The molecule has 2 aliphatic rings. The maximum atomic E-state index is 13.5. The molecular formula is C14H15BrFNO2. The zero-order valence-corrected chi connectivity index (χ0v) is 11.9. The van der Waals surface area contributed by atoms with E-state index in [0.717, 1.165) is 12.8 Å². The van der Waals surface area contributed by atoms with Gasteiger partial charge in [0.2, 0.25) is 0 Å². The van der Waals surface area contributed by atoms with Crippen molar-refractivity contribution in [2.75, 3.05) is 13.1 Å². The van der Waals surface area contributed by atoms with Crippen molar-refractivity contribution in [3.05, 3.63) is 34.1 Å². The largest absolute Gasteiger partial charge is 0.393 e. The van der Waals surface area contributed by atoms with Crippen LogP contribution in [0.25, 0.3) is 0 Å². The molecule has 1 heterocycles. The Morgan fingerprint density at radius 1 is 1.37 bits per heavy atom. The van der Waals surface area contributed by atoms with Crippen molar-refractivity contribution in [1.29, 1.82) is 0 Å². The van der Waals surface area contributed by atoms with Crippen LogP contribution in [-0.2, 0) is 0 Å². The zero-order valence-electron chi connectivity index (χ0n) is 10.4. The number of nitrogens with zero attached hydrogens (tertiary/aromatic N) is 1. The first kappa shape index (κ1) is 13.1. The Bertz CT molecular complexity index is 522. The molecule has 1 aromatic carbocycles. The third-order valence-electron chi connectivity index (χ3n) is 4.27. The Balaban J connectivity index is 1.76. The number of aliphatic hydroxyl groups is 1. The van der Waals surface area contributed by atoms with E-state index >= 15 is 0 Å². The molecule has 5 heteroatoms. The lowest BCUT2D eigenvalue weighted by atomic mass is 10.00. The maximum absolute atomic E-state index is 13.5. The van der Waals surface area contributed by atoms with Crippen LogP contribution < -0.4 is 0 Å². The van der Waals surface area contributed by atoms with E-state index in [0.29, 0.717) is 29.0 Å². The Hall–Kier alpha value is -0.940. The van der Waals surface area contributed by atoms with E-state index in [1.807, 2.05) is 0 Å². The van der Waals surface area contributed by atoms with Gasteiger partial charge >= 0.3 is 0 Å². The Morgan fingerprint density at radius 2 is 2.16 bits per heavy atom. The Labute approximate surface area is 119 Å². The number of carbonyl (C=O) groups is 1. The highest BCUT2D eigenvalue weighted by Crippen LogP contribution is 2.38. The van der Waals surface area contributed by atoms with Crippen molar-refractivity contribution < 1.29 is 14.3 Å². The van der Waals surface area contributed by atoms with Gasteiger partial charge in [0.05, 0.1) is 10.6 Å². The van der Waals surface area contributed by atoms with Crippen LogP contribution in [-0.4, -0.2) is 35.1 Å². The lowest BCUT2D eigenvalue weighted by Gasteiger charge is -2.18. The highest BCUT2D eigenvalue weighted by atomic mass is 79.9. The molecule has 1 saturated carbocycles. The number of likely N-dealkylation sites (tertiary alicyclic amines) is 1. The Kier molecular flexibility index (Phi) is 3.35. The van der Waals surface area contributed by atoms with Crippen LogP contribution in [0.15, 0.2) is 22.7 Å². The molecule has 3 unspecified atom stereocenters. The molecule has 2 fully saturated rings. The zero-order chi connectivity index (χ0) is 13.6. The molecule has 3 rings (SSSR count). The van der Waals surface area contributed by atoms with E-state index in [1.165, 1.54) is 6.07 Å². The second kappa shape index (κ2) is 4.87. The van der Waals surface area contributed by atoms with Crippen molar-refractivity contribution in [3.8, 4) is 0 Å². The number of halogens is 2. The van der Waals surface area contributed by atoms with Crippen molar-refractivity contribution in [3.63, 3.8) is 0 Å². The van der Waals surface area contributed by atoms with Crippen LogP contribution in [0.4, 0.5) is 4.39 Å². The lowest BCUT2D eigenvalue weighted by molar-refractivity contribution is 0.0752. The first-order valence-electron chi connectivity index (χ1n) is 6.48. The summed E-state index contributed by atoms with van der Waals surface area (Å²) in [5.74, 6) is 0.0294. The van der Waals surface area contributed by atoms with Gasteiger partial charge in [-0.15, -0.1) is 0 Å². The number of hydrogen-bond acceptors (Lipinski definition) is 2. The summed E-state index contributed by atoms with van der Waals surface area (Å²) >= 11 is 3.08. The molecule has 1 N–H and O–H groups in total. The quantitative estimate of drug-likeness (QED) is 0.860. The fraction of sp³-hybridized carbons (Fsp3) is 0.500. The summed E-state index contributed by atoms with van der Waals surface area (Å²) in [5.41, 5.74) is 0.371. The summed E-state index contributed by atoms with van der Waals surface area (Å²) in [6, 6.07) is 4.44. The molecule has 19 heavy (non-hydrogen) atoms. The molecular weight excluding hydrogens is 313 g/mol. The molecule has 3 atom stereocenters. The maximum Gasteiger partial charge on any atom is 0.253 e. The summed E-state index contributed by atoms with van der Waals surface area (Å²) in [4.78, 5) is 14.0. The predicted molar refractivity (Wildman–Crippen MR) is 72.2 cm³/mol. The minimum atomic E-state index is -0.426. The molecule has 1 saturated heterocycles. The summed E-state index contributed by atoms with van der Waals surface area (Å²) in [5, 5.41) is 9.85. The number of benzene rings is 1. The van der Waals surface area contributed by atoms with Crippen LogP contribution in [0.3, 0.4) is 0 Å². The van der Waals surface area contributed by atoms with E-state index < -0.39 is 5.82 Å². The third-order valence-corrected chi connectivity index (χ3v) is 4.92. The van der Waals surface area contributed by atoms with E-state index in [-0.39, 0.29) is 17.9 Å². The topological polar surface area (TPSA) is 40.5 Å². The van der Waals surface area contributed by atoms with Crippen LogP contribution in [0.1, 0.15) is 23.2 Å². The van der Waals surface area contributed by atoms with Gasteiger partial charge in [0.15, 0.2) is 0 Å². The summed E-state index contributed by atoms with van der Waals surface area (Å²) < 4.78 is 13.8. The van der Waals surface area contributed by atoms with Gasteiger partial charge in [0.25, 0.3) is 5.91 Å². The first-order chi connectivity index (χ1) is 9.06. The van der Waals surface area contributed by atoms with Crippen LogP contribution in [0.5, 0.6) is 0 Å². The molecule has 1 aliphatic heterocycles.